The lowest BCUT2D eigenvalue weighted by atomic mass is 11.2. The van der Waals surface area contributed by atoms with Crippen molar-refractivity contribution in [1.29, 1.82) is 10.7 Å². The molecule has 7 heavy (non-hydrogen) atoms. The molecule has 4 nitrogen and oxygen atoms in total. The van der Waals surface area contributed by atoms with Crippen molar-refractivity contribution in [3.8, 4) is 6.19 Å². The highest BCUT2D eigenvalue weighted by atomic mass is 14.8. The Hall–Kier alpha value is -1.46. The van der Waals surface area contributed by atoms with E-state index in [1.54, 1.807) is 6.01 Å². The van der Waals surface area contributed by atoms with Crippen LogP contribution in [0.25, 0.3) is 0 Å². The Morgan fingerprint density at radius 2 is 2.43 bits per heavy atom. The largest absolute Gasteiger partial charge is 0.241 e. The van der Waals surface area contributed by atoms with Gasteiger partial charge in [-0.15, -0.1) is 0 Å². The molecule has 0 saturated heterocycles. The van der Waals surface area contributed by atoms with E-state index in [0.29, 0.717) is 0 Å². The highest BCUT2D eigenvalue weighted by molar-refractivity contribution is 5.65. The van der Waals surface area contributed by atoms with Gasteiger partial charge in [0.25, 0.3) is 0 Å². The van der Waals surface area contributed by atoms with Crippen LogP contribution in [0, 0.1) is 16.9 Å². The van der Waals surface area contributed by atoms with Gasteiger partial charge in [0.05, 0.1) is 6.01 Å². The number of aliphatic imine (C=N–C) groups is 2. The Kier molecular flexibility index (Phi) is 3.59. The highest BCUT2D eigenvalue weighted by Gasteiger charge is 1.54. The second-order valence-corrected chi connectivity index (χ2v) is 0.585. The van der Waals surface area contributed by atoms with Crippen LogP contribution in [0.5, 0.6) is 0 Å². The van der Waals surface area contributed by atoms with Crippen LogP contribution in [0.3, 0.4) is 0 Å². The zero-order chi connectivity index (χ0) is 5.54. The van der Waals surface area contributed by atoms with Crippen LogP contribution in [-0.2, 0) is 0 Å². The van der Waals surface area contributed by atoms with Crippen LogP contribution < -0.4 is 0 Å². The first kappa shape index (κ1) is 5.54. The van der Waals surface area contributed by atoms with Crippen molar-refractivity contribution < 1.29 is 0 Å². The van der Waals surface area contributed by atoms with E-state index in [0.717, 1.165) is 6.34 Å². The predicted molar refractivity (Wildman–Crippen MR) is 24.3 cm³/mol. The molecule has 0 rings (SSSR count). The molecular weight excluding hydrogens is 92.1 g/mol. The van der Waals surface area contributed by atoms with Gasteiger partial charge in [-0.1, -0.05) is 0 Å². The molecule has 0 atom stereocenters. The summed E-state index contributed by atoms with van der Waals surface area (Å²) in [4.78, 5) is 6.06. The van der Waals surface area contributed by atoms with Gasteiger partial charge in [-0.3, -0.25) is 0 Å². The van der Waals surface area contributed by atoms with Crippen molar-refractivity contribution in [2.75, 3.05) is 0 Å². The zero-order valence-electron chi connectivity index (χ0n) is 3.42. The molecule has 34 valence electrons. The van der Waals surface area contributed by atoms with Crippen molar-refractivity contribution >= 4 is 12.3 Å². The third-order valence-electron chi connectivity index (χ3n) is 0.238. The molecule has 0 amide bonds. The molecule has 0 spiro atoms. The topological polar surface area (TPSA) is 72.4 Å². The third-order valence-corrected chi connectivity index (χ3v) is 0.238. The van der Waals surface area contributed by atoms with E-state index < -0.39 is 0 Å². The molecule has 0 aromatic rings. The molecule has 4 heteroatoms. The summed E-state index contributed by atoms with van der Waals surface area (Å²) in [7, 11) is 0. The molecule has 0 aliphatic rings. The molecule has 0 aromatic carbocycles. The van der Waals surface area contributed by atoms with Gasteiger partial charge in [0.15, 0.2) is 0 Å². The fraction of sp³-hybridized carbons (Fsp3) is 0. The van der Waals surface area contributed by atoms with E-state index in [1.165, 1.54) is 6.19 Å². The van der Waals surface area contributed by atoms with E-state index in [9.17, 15) is 0 Å². The summed E-state index contributed by atoms with van der Waals surface area (Å²) in [5, 5.41) is 13.9. The zero-order valence-corrected chi connectivity index (χ0v) is 3.42. The lowest BCUT2D eigenvalue weighted by molar-refractivity contribution is 1.44. The van der Waals surface area contributed by atoms with E-state index in [2.05, 4.69) is 9.98 Å². The molecule has 0 fully saturated rings. The summed E-state index contributed by atoms with van der Waals surface area (Å²) < 4.78 is 0. The summed E-state index contributed by atoms with van der Waals surface area (Å²) in [5.41, 5.74) is 0. The Morgan fingerprint density at radius 3 is 2.86 bits per heavy atom. The lowest BCUT2D eigenvalue weighted by Gasteiger charge is -1.55. The van der Waals surface area contributed by atoms with E-state index in [4.69, 9.17) is 10.7 Å². The first-order valence-electron chi connectivity index (χ1n) is 1.44. The number of nitrogens with one attached hydrogen (secondary N) is 1. The van der Waals surface area contributed by atoms with Crippen LogP contribution >= 0.6 is 0 Å². The second kappa shape index (κ2) is 4.54. The van der Waals surface area contributed by atoms with Gasteiger partial charge in [0, 0.05) is 0 Å². The summed E-state index contributed by atoms with van der Waals surface area (Å²) in [5.74, 6) is 0. The number of nitriles is 1. The maximum absolute atomic E-state index is 7.70. The maximum Gasteiger partial charge on any atom is 0.207 e. The minimum atomic E-state index is 0.951. The van der Waals surface area contributed by atoms with E-state index in [-0.39, 0.29) is 0 Å². The SMILES string of the molecule is N#CN=CN=C=N. The minimum absolute atomic E-state index is 0.951. The Bertz CT molecular complexity index is 145. The molecule has 0 radical (unpaired) electrons. The number of nitrogens with zero attached hydrogens (tertiary/aromatic N) is 3. The van der Waals surface area contributed by atoms with Crippen LogP contribution in [-0.4, -0.2) is 12.3 Å². The summed E-state index contributed by atoms with van der Waals surface area (Å²) in [6.45, 7) is 0. The molecule has 0 aliphatic heterocycles. The van der Waals surface area contributed by atoms with Crippen LogP contribution in [0.1, 0.15) is 0 Å². The Balaban J connectivity index is 3.54. The smallest absolute Gasteiger partial charge is 0.207 e. The van der Waals surface area contributed by atoms with Gasteiger partial charge in [0.2, 0.25) is 6.19 Å². The van der Waals surface area contributed by atoms with Crippen molar-refractivity contribution in [1.82, 2.24) is 0 Å². The average molecular weight is 94.1 g/mol. The van der Waals surface area contributed by atoms with Crippen LogP contribution in [0.2, 0.25) is 0 Å². The van der Waals surface area contributed by atoms with Crippen molar-refractivity contribution in [2.45, 2.75) is 0 Å². The van der Waals surface area contributed by atoms with Crippen LogP contribution in [0.4, 0.5) is 0 Å². The standard InChI is InChI=1S/C3H2N4/c4-1-6-3-7-2-5/h3-4H. The van der Waals surface area contributed by atoms with Gasteiger partial charge in [-0.2, -0.15) is 15.2 Å². The molecule has 0 aromatic heterocycles. The minimum Gasteiger partial charge on any atom is -0.241 e. The van der Waals surface area contributed by atoms with Crippen LogP contribution in [0.15, 0.2) is 9.98 Å². The quantitative estimate of drug-likeness (QED) is 0.282. The third kappa shape index (κ3) is 4.54. The summed E-state index contributed by atoms with van der Waals surface area (Å²) in [6, 6.07) is 1.68. The molecule has 0 saturated carbocycles. The lowest BCUT2D eigenvalue weighted by Crippen LogP contribution is -1.57. The molecular formula is C3H2N4. The molecule has 0 aliphatic carbocycles. The summed E-state index contributed by atoms with van der Waals surface area (Å²) in [6.07, 6.45) is 2.41. The normalized spacial score (nSPS) is 7.29. The van der Waals surface area contributed by atoms with Crippen molar-refractivity contribution in [2.24, 2.45) is 9.98 Å². The van der Waals surface area contributed by atoms with Crippen molar-refractivity contribution in [3.05, 3.63) is 0 Å². The first-order chi connectivity index (χ1) is 3.41. The molecule has 0 bridgehead atoms. The van der Waals surface area contributed by atoms with Gasteiger partial charge < -0.3 is 0 Å². The number of hydrogen-bond donors (Lipinski definition) is 1. The molecule has 1 N–H and O–H groups in total. The second-order valence-electron chi connectivity index (χ2n) is 0.585. The predicted octanol–water partition coefficient (Wildman–Crippen LogP) is 0.248. The summed E-state index contributed by atoms with van der Waals surface area (Å²) >= 11 is 0. The number of hydrogen-bond acceptors (Lipinski definition) is 3. The molecule has 0 heterocycles. The van der Waals surface area contributed by atoms with E-state index in [1.807, 2.05) is 0 Å². The fourth-order valence-electron chi connectivity index (χ4n) is 0.0836. The monoisotopic (exact) mass is 94.0 g/mol. The number of rotatable bonds is 1. The van der Waals surface area contributed by atoms with Crippen molar-refractivity contribution in [3.63, 3.8) is 0 Å². The first-order valence-corrected chi connectivity index (χ1v) is 1.44. The Morgan fingerprint density at radius 1 is 1.71 bits per heavy atom. The van der Waals surface area contributed by atoms with E-state index >= 15 is 0 Å². The Labute approximate surface area is 40.3 Å². The van der Waals surface area contributed by atoms with Gasteiger partial charge in [-0.25, -0.2) is 5.41 Å². The highest BCUT2D eigenvalue weighted by Crippen LogP contribution is 1.54. The fourth-order valence-corrected chi connectivity index (χ4v) is 0.0836. The van der Waals surface area contributed by atoms with Gasteiger partial charge in [-0.05, 0) is 0 Å². The maximum atomic E-state index is 7.70. The average Bonchev–Trinajstić information content (AvgIpc) is 1.69. The van der Waals surface area contributed by atoms with Gasteiger partial charge in [0.1, 0.15) is 6.34 Å². The van der Waals surface area contributed by atoms with Gasteiger partial charge >= 0.3 is 0 Å². The molecule has 0 unspecified atom stereocenters.